The van der Waals surface area contributed by atoms with Crippen LogP contribution in [0, 0.1) is 5.92 Å². The number of thiazole rings is 1. The zero-order chi connectivity index (χ0) is 49.2. The Morgan fingerprint density at radius 1 is 0.855 bits per heavy atom. The highest BCUT2D eigenvalue weighted by Gasteiger charge is 2.36. The number of nitrogens with one attached hydrogen (secondary N) is 3. The predicted octanol–water partition coefficient (Wildman–Crippen LogP) is 8.06. The molecule has 2 atom stereocenters. The van der Waals surface area contributed by atoms with Crippen molar-refractivity contribution in [2.75, 3.05) is 23.3 Å². The van der Waals surface area contributed by atoms with Gasteiger partial charge in [-0.25, -0.2) is 14.7 Å². The summed E-state index contributed by atoms with van der Waals surface area (Å²) in [5, 5.41) is 20.4. The van der Waals surface area contributed by atoms with Crippen molar-refractivity contribution in [3.05, 3.63) is 132 Å². The van der Waals surface area contributed by atoms with Gasteiger partial charge >= 0.3 is 12.5 Å². The molecule has 2 aromatic heterocycles. The summed E-state index contributed by atoms with van der Waals surface area (Å²) in [5.74, 6) is -3.24. The fourth-order valence-electron chi connectivity index (χ4n) is 7.49. The molecule has 16 nitrogen and oxygen atoms in total. The summed E-state index contributed by atoms with van der Waals surface area (Å²) < 4.78 is 50.2. The van der Waals surface area contributed by atoms with Gasteiger partial charge in [-0.3, -0.25) is 33.9 Å². The first kappa shape index (κ1) is 49.0. The molecule has 0 saturated carbocycles. The van der Waals surface area contributed by atoms with Crippen LogP contribution in [0.25, 0.3) is 21.1 Å². The molecule has 6 aromatic rings. The standard InChI is InChI=1S/C49H46F3N7O9S/c1-29(2)42(57-38(60)12-4-3-7-26-58-40(62)23-24-41(58)63)46(65)54-27-39(61)55-33-18-13-30(14-19-33)28-67-48(66)59(47-56-36-10-5-6-11-37(36)69-47)44(32-15-20-34(21-16-32)68-49(50,51)52)35-22-17-31-9-8-25-53-43(31)45(35)64/h5-6,8-11,13-25,29,42,44,64H,3-4,7,12,26-28H2,1-2H3,(H,54,65)(H,55,61)(H,57,60). The third-order valence-corrected chi connectivity index (χ3v) is 12.0. The molecule has 4 aromatic carbocycles. The number of aromatic nitrogens is 2. The normalized spacial score (nSPS) is 13.4. The molecule has 4 N–H and O–H groups in total. The molecule has 69 heavy (non-hydrogen) atoms. The number of halogens is 3. The van der Waals surface area contributed by atoms with E-state index in [9.17, 15) is 47.0 Å². The number of para-hydroxylation sites is 1. The number of phenolic OH excluding ortho intramolecular Hbond substituents is 1. The zero-order valence-electron chi connectivity index (χ0n) is 37.2. The van der Waals surface area contributed by atoms with Crippen molar-refractivity contribution in [2.45, 2.75) is 64.6 Å². The van der Waals surface area contributed by atoms with Gasteiger partial charge in [-0.1, -0.05) is 86.2 Å². The summed E-state index contributed by atoms with van der Waals surface area (Å²) in [6, 6.07) is 23.0. The number of rotatable bonds is 19. The SMILES string of the molecule is CC(C)C(NC(=O)CCCCCN1C(=O)C=CC1=O)C(=O)NCC(=O)Nc1ccc(COC(=O)N(c2nc3ccccc3s2)C(c2ccc(OC(F)(F)F)cc2)c2ccc3cccnc3c2O)cc1. The van der Waals surface area contributed by atoms with Crippen LogP contribution in [0.4, 0.5) is 28.8 Å². The number of pyridine rings is 1. The number of hydrogen-bond acceptors (Lipinski definition) is 12. The number of unbranched alkanes of at least 4 members (excludes halogenated alkanes) is 2. The molecular formula is C49H46F3N7O9S. The van der Waals surface area contributed by atoms with E-state index < -0.39 is 48.6 Å². The lowest BCUT2D eigenvalue weighted by Crippen LogP contribution is -2.51. The number of ether oxygens (including phenoxy) is 2. The minimum absolute atomic E-state index is 0.129. The highest BCUT2D eigenvalue weighted by Crippen LogP contribution is 2.43. The lowest BCUT2D eigenvalue weighted by Gasteiger charge is -2.30. The van der Waals surface area contributed by atoms with Gasteiger partial charge < -0.3 is 30.5 Å². The van der Waals surface area contributed by atoms with Crippen LogP contribution in [-0.2, 0) is 35.3 Å². The van der Waals surface area contributed by atoms with Crippen molar-refractivity contribution in [1.82, 2.24) is 25.5 Å². The van der Waals surface area contributed by atoms with Crippen LogP contribution in [0.3, 0.4) is 0 Å². The second kappa shape index (κ2) is 21.8. The van der Waals surface area contributed by atoms with E-state index in [1.165, 1.54) is 35.4 Å². The molecule has 1 aliphatic rings. The molecule has 1 aliphatic heterocycles. The summed E-state index contributed by atoms with van der Waals surface area (Å²) in [7, 11) is 0. The number of hydrogen-bond donors (Lipinski definition) is 4. The Hall–Kier alpha value is -7.87. The summed E-state index contributed by atoms with van der Waals surface area (Å²) in [4.78, 5) is 87.9. The summed E-state index contributed by atoms with van der Waals surface area (Å²) >= 11 is 1.16. The summed E-state index contributed by atoms with van der Waals surface area (Å²) in [5.41, 5.74) is 2.11. The third-order valence-electron chi connectivity index (χ3n) is 10.9. The number of fused-ring (bicyclic) bond motifs is 2. The minimum atomic E-state index is -4.95. The molecule has 0 spiro atoms. The average Bonchev–Trinajstić information content (AvgIpc) is 3.90. The van der Waals surface area contributed by atoms with Gasteiger partial charge in [0.15, 0.2) is 5.13 Å². The van der Waals surface area contributed by atoms with Crippen LogP contribution < -0.4 is 25.6 Å². The van der Waals surface area contributed by atoms with E-state index in [2.05, 4.69) is 25.7 Å². The number of benzene rings is 4. The summed E-state index contributed by atoms with van der Waals surface area (Å²) in [6.07, 6.45) is -0.210. The van der Waals surface area contributed by atoms with E-state index in [1.54, 1.807) is 80.6 Å². The second-order valence-corrected chi connectivity index (χ2v) is 17.2. The Balaban J connectivity index is 0.996. The first-order chi connectivity index (χ1) is 33.0. The van der Waals surface area contributed by atoms with Crippen LogP contribution in [0.15, 0.2) is 115 Å². The fourth-order valence-corrected chi connectivity index (χ4v) is 8.47. The molecule has 6 amide bonds. The molecule has 3 heterocycles. The second-order valence-electron chi connectivity index (χ2n) is 16.2. The van der Waals surface area contributed by atoms with Crippen LogP contribution in [-0.4, -0.2) is 81.1 Å². The van der Waals surface area contributed by atoms with Crippen molar-refractivity contribution >= 4 is 78.9 Å². The third kappa shape index (κ3) is 12.6. The molecule has 0 fully saturated rings. The first-order valence-corrected chi connectivity index (χ1v) is 22.6. The number of amides is 6. The van der Waals surface area contributed by atoms with Gasteiger partial charge in [0.1, 0.15) is 29.7 Å². The quantitative estimate of drug-likeness (QED) is 0.0451. The van der Waals surface area contributed by atoms with Crippen LogP contribution >= 0.6 is 11.3 Å². The van der Waals surface area contributed by atoms with Crippen LogP contribution in [0.2, 0.25) is 0 Å². The Kier molecular flexibility index (Phi) is 15.5. The molecule has 358 valence electrons. The highest BCUT2D eigenvalue weighted by molar-refractivity contribution is 7.22. The maximum Gasteiger partial charge on any atom is 0.573 e. The van der Waals surface area contributed by atoms with Crippen molar-refractivity contribution in [3.8, 4) is 11.5 Å². The molecule has 0 aliphatic carbocycles. The molecule has 0 radical (unpaired) electrons. The summed E-state index contributed by atoms with van der Waals surface area (Å²) in [6.45, 7) is 3.09. The van der Waals surface area contributed by atoms with Crippen LogP contribution in [0.1, 0.15) is 62.3 Å². The molecular weight excluding hydrogens is 920 g/mol. The largest absolute Gasteiger partial charge is 0.573 e. The van der Waals surface area contributed by atoms with Gasteiger partial charge in [0.25, 0.3) is 11.8 Å². The van der Waals surface area contributed by atoms with Crippen LogP contribution in [0.5, 0.6) is 11.5 Å². The van der Waals surface area contributed by atoms with E-state index in [-0.39, 0.29) is 70.7 Å². The van der Waals surface area contributed by atoms with Gasteiger partial charge in [0, 0.05) is 48.0 Å². The van der Waals surface area contributed by atoms with E-state index in [0.29, 0.717) is 41.4 Å². The van der Waals surface area contributed by atoms with Crippen molar-refractivity contribution in [3.63, 3.8) is 0 Å². The Bertz CT molecular complexity index is 2840. The monoisotopic (exact) mass is 965 g/mol. The molecule has 0 saturated heterocycles. The number of carbonyl (C=O) groups excluding carboxylic acids is 6. The molecule has 2 unspecified atom stereocenters. The highest BCUT2D eigenvalue weighted by atomic mass is 32.1. The predicted molar refractivity (Wildman–Crippen MR) is 250 cm³/mol. The number of carbonyl (C=O) groups is 6. The number of nitrogens with zero attached hydrogens (tertiary/aromatic N) is 4. The van der Waals surface area contributed by atoms with E-state index >= 15 is 0 Å². The number of alkyl halides is 3. The van der Waals surface area contributed by atoms with Gasteiger partial charge in [0.05, 0.1) is 22.8 Å². The van der Waals surface area contributed by atoms with Gasteiger partial charge in [0.2, 0.25) is 17.7 Å². The average molecular weight is 966 g/mol. The van der Waals surface area contributed by atoms with Gasteiger partial charge in [-0.15, -0.1) is 13.2 Å². The lowest BCUT2D eigenvalue weighted by atomic mass is 9.95. The van der Waals surface area contributed by atoms with Crippen molar-refractivity contribution < 1.29 is 56.5 Å². The minimum Gasteiger partial charge on any atom is -0.505 e. The fraction of sp³-hybridized carbons (Fsp3) is 0.265. The topological polar surface area (TPSA) is 209 Å². The smallest absolute Gasteiger partial charge is 0.505 e. The first-order valence-electron chi connectivity index (χ1n) is 21.8. The number of imide groups is 1. The molecule has 0 bridgehead atoms. The van der Waals surface area contributed by atoms with E-state index in [1.807, 2.05) is 6.07 Å². The van der Waals surface area contributed by atoms with Gasteiger partial charge in [-0.2, -0.15) is 0 Å². The Morgan fingerprint density at radius 2 is 1.58 bits per heavy atom. The molecule has 7 rings (SSSR count). The van der Waals surface area contributed by atoms with E-state index in [0.717, 1.165) is 33.1 Å². The van der Waals surface area contributed by atoms with Gasteiger partial charge in [-0.05, 0) is 72.4 Å². The number of aromatic hydroxyl groups is 1. The number of phenols is 1. The Labute approximate surface area is 397 Å². The van der Waals surface area contributed by atoms with Crippen molar-refractivity contribution in [1.29, 1.82) is 0 Å². The lowest BCUT2D eigenvalue weighted by molar-refractivity contribution is -0.274. The number of anilines is 2. The van der Waals surface area contributed by atoms with E-state index in [4.69, 9.17) is 9.72 Å². The Morgan fingerprint density at radius 3 is 2.28 bits per heavy atom. The maximum atomic E-state index is 14.5. The maximum absolute atomic E-state index is 14.5. The molecule has 20 heteroatoms. The zero-order valence-corrected chi connectivity index (χ0v) is 38.0. The van der Waals surface area contributed by atoms with Crippen molar-refractivity contribution in [2.24, 2.45) is 5.92 Å².